The summed E-state index contributed by atoms with van der Waals surface area (Å²) in [4.78, 5) is 1.27. The van der Waals surface area contributed by atoms with Crippen molar-refractivity contribution < 1.29 is 0 Å². The minimum absolute atomic E-state index is 0.0375. The highest BCUT2D eigenvalue weighted by Gasteiger charge is 2.35. The number of fused-ring (bicyclic) bond motifs is 1. The minimum Gasteiger partial charge on any atom is -0.337 e. The third-order valence-electron chi connectivity index (χ3n) is 2.80. The largest absolute Gasteiger partial charge is 0.337 e. The van der Waals surface area contributed by atoms with Gasteiger partial charge in [-0.15, -0.1) is 0 Å². The van der Waals surface area contributed by atoms with Crippen molar-refractivity contribution in [2.45, 2.75) is 51.5 Å². The molecule has 1 atom stereocenters. The van der Waals surface area contributed by atoms with E-state index in [1.165, 1.54) is 10.6 Å². The second-order valence-corrected chi connectivity index (χ2v) is 13.7. The fourth-order valence-corrected chi connectivity index (χ4v) is 9.40. The van der Waals surface area contributed by atoms with Gasteiger partial charge < -0.3 is 5.09 Å². The normalized spacial score (nSPS) is 23.0. The number of nitrogens with one attached hydrogen (secondary N) is 2. The molecule has 0 aromatic heterocycles. The molecule has 19 heavy (non-hydrogen) atoms. The summed E-state index contributed by atoms with van der Waals surface area (Å²) in [6.07, 6.45) is 1.09. The van der Waals surface area contributed by atoms with E-state index in [4.69, 9.17) is 11.8 Å². The molecule has 0 spiro atoms. The zero-order chi connectivity index (χ0) is 14.3. The van der Waals surface area contributed by atoms with Gasteiger partial charge in [0, 0.05) is 10.4 Å². The van der Waals surface area contributed by atoms with Gasteiger partial charge in [-0.25, -0.2) is 0 Å². The van der Waals surface area contributed by atoms with Crippen LogP contribution < -0.4 is 10.2 Å². The summed E-state index contributed by atoms with van der Waals surface area (Å²) in [5.41, 5.74) is -0.302. The van der Waals surface area contributed by atoms with Crippen molar-refractivity contribution in [1.29, 1.82) is 0 Å². The Morgan fingerprint density at radius 1 is 1.21 bits per heavy atom. The quantitative estimate of drug-likeness (QED) is 0.746. The molecule has 106 valence electrons. The molecule has 0 bridgehead atoms. The molecule has 0 saturated heterocycles. The summed E-state index contributed by atoms with van der Waals surface area (Å²) in [6, 6.07) is 8.37. The molecular formula is C14H23N2PS2. The summed E-state index contributed by atoms with van der Waals surface area (Å²) in [7, 11) is 0. The van der Waals surface area contributed by atoms with Gasteiger partial charge in [0.15, 0.2) is 5.54 Å². The van der Waals surface area contributed by atoms with Gasteiger partial charge in [-0.1, -0.05) is 44.3 Å². The molecular weight excluding hydrogens is 291 g/mol. The van der Waals surface area contributed by atoms with Crippen molar-refractivity contribution in [3.63, 3.8) is 0 Å². The van der Waals surface area contributed by atoms with E-state index >= 15 is 0 Å². The van der Waals surface area contributed by atoms with E-state index in [9.17, 15) is 0 Å². The van der Waals surface area contributed by atoms with Gasteiger partial charge in [0.25, 0.3) is 0 Å². The van der Waals surface area contributed by atoms with Crippen LogP contribution in [0.1, 0.15) is 41.0 Å². The van der Waals surface area contributed by atoms with Crippen LogP contribution in [0.4, 0.5) is 5.69 Å². The van der Waals surface area contributed by atoms with Crippen molar-refractivity contribution in [3.05, 3.63) is 24.3 Å². The van der Waals surface area contributed by atoms with Gasteiger partial charge in [-0.3, -0.25) is 5.09 Å². The Balaban J connectivity index is 2.11. The standard InChI is InChI=1S/C14H23N2PS2/c1-13(2,3)10-14(4,5)16-17(18)15-11-8-6-7-9-12(11)19-17/h6-9H,10H2,1-5H3,(H2,15,16,18). The molecule has 1 unspecified atom stereocenters. The fraction of sp³-hybridized carbons (Fsp3) is 0.571. The third-order valence-corrected chi connectivity index (χ3v) is 8.18. The van der Waals surface area contributed by atoms with E-state index in [2.05, 4.69) is 69.1 Å². The summed E-state index contributed by atoms with van der Waals surface area (Å²) in [5, 5.41) is 7.24. The van der Waals surface area contributed by atoms with Crippen molar-refractivity contribution >= 4 is 34.4 Å². The lowest BCUT2D eigenvalue weighted by Gasteiger charge is -2.36. The number of rotatable bonds is 3. The van der Waals surface area contributed by atoms with E-state index in [1.807, 2.05) is 0 Å². The Morgan fingerprint density at radius 2 is 1.84 bits per heavy atom. The number of hydrogen-bond acceptors (Lipinski definition) is 2. The van der Waals surface area contributed by atoms with Crippen molar-refractivity contribution in [2.75, 3.05) is 5.09 Å². The van der Waals surface area contributed by atoms with Crippen molar-refractivity contribution in [3.8, 4) is 0 Å². The van der Waals surface area contributed by atoms with E-state index in [0.29, 0.717) is 5.41 Å². The summed E-state index contributed by atoms with van der Waals surface area (Å²) in [5.74, 6) is 0. The monoisotopic (exact) mass is 314 g/mol. The number of benzene rings is 1. The highest BCUT2D eigenvalue weighted by Crippen LogP contribution is 2.66. The molecule has 2 N–H and O–H groups in total. The molecule has 0 radical (unpaired) electrons. The molecule has 1 aliphatic heterocycles. The zero-order valence-electron chi connectivity index (χ0n) is 12.3. The van der Waals surface area contributed by atoms with E-state index in [0.717, 1.165) is 6.42 Å². The van der Waals surface area contributed by atoms with Crippen LogP contribution in [0.25, 0.3) is 0 Å². The van der Waals surface area contributed by atoms with E-state index in [1.54, 1.807) is 11.4 Å². The maximum atomic E-state index is 5.86. The van der Waals surface area contributed by atoms with Crippen molar-refractivity contribution in [1.82, 2.24) is 5.09 Å². The third kappa shape index (κ3) is 4.22. The smallest absolute Gasteiger partial charge is 0.156 e. The van der Waals surface area contributed by atoms with E-state index < -0.39 is 5.54 Å². The molecule has 2 rings (SSSR count). The molecule has 1 aromatic rings. The number of hydrogen-bond donors (Lipinski definition) is 2. The van der Waals surface area contributed by atoms with Gasteiger partial charge in [0.05, 0.1) is 5.69 Å². The average molecular weight is 314 g/mol. The lowest BCUT2D eigenvalue weighted by molar-refractivity contribution is 0.272. The lowest BCUT2D eigenvalue weighted by Crippen LogP contribution is -2.40. The molecule has 2 nitrogen and oxygen atoms in total. The van der Waals surface area contributed by atoms with Gasteiger partial charge in [-0.05, 0) is 49.6 Å². The summed E-state index contributed by atoms with van der Waals surface area (Å²) < 4.78 is 0. The second-order valence-electron chi connectivity index (χ2n) is 6.98. The van der Waals surface area contributed by atoms with Crippen LogP contribution in [-0.2, 0) is 11.8 Å². The molecule has 1 heterocycles. The Kier molecular flexibility index (Phi) is 4.10. The maximum absolute atomic E-state index is 5.86. The molecule has 0 saturated carbocycles. The van der Waals surface area contributed by atoms with Gasteiger partial charge >= 0.3 is 0 Å². The lowest BCUT2D eigenvalue weighted by atomic mass is 9.82. The van der Waals surface area contributed by atoms with Crippen LogP contribution >= 0.6 is 16.9 Å². The predicted octanol–water partition coefficient (Wildman–Crippen LogP) is 5.23. The molecule has 1 aromatic carbocycles. The number of anilines is 1. The van der Waals surface area contributed by atoms with Gasteiger partial charge in [0.2, 0.25) is 0 Å². The first-order valence-corrected chi connectivity index (χ1v) is 10.8. The van der Waals surface area contributed by atoms with Crippen LogP contribution in [0.2, 0.25) is 0 Å². The Labute approximate surface area is 126 Å². The highest BCUT2D eigenvalue weighted by atomic mass is 32.9. The SMILES string of the molecule is CC(C)(C)CC(C)(C)NP1(=S)Nc2ccccc2S1. The Bertz CT molecular complexity index is 491. The van der Waals surface area contributed by atoms with Gasteiger partial charge in [-0.2, -0.15) is 0 Å². The van der Waals surface area contributed by atoms with Crippen LogP contribution in [0.5, 0.6) is 0 Å². The molecule has 0 fully saturated rings. The fourth-order valence-electron chi connectivity index (χ4n) is 2.77. The van der Waals surface area contributed by atoms with Crippen LogP contribution in [-0.4, -0.2) is 5.54 Å². The van der Waals surface area contributed by atoms with E-state index in [-0.39, 0.29) is 5.54 Å². The summed E-state index contributed by atoms with van der Waals surface area (Å²) in [6.45, 7) is 11.3. The molecule has 0 aliphatic carbocycles. The number of para-hydroxylation sites is 1. The topological polar surface area (TPSA) is 24.1 Å². The molecule has 0 amide bonds. The zero-order valence-corrected chi connectivity index (χ0v) is 14.8. The Morgan fingerprint density at radius 3 is 2.42 bits per heavy atom. The van der Waals surface area contributed by atoms with Gasteiger partial charge in [0.1, 0.15) is 0 Å². The minimum atomic E-state index is -1.81. The summed E-state index contributed by atoms with van der Waals surface area (Å²) >= 11 is 7.66. The average Bonchev–Trinajstić information content (AvgIpc) is 2.47. The van der Waals surface area contributed by atoms with Crippen LogP contribution in [0.3, 0.4) is 0 Å². The first-order chi connectivity index (χ1) is 8.59. The highest BCUT2D eigenvalue weighted by molar-refractivity contribution is 8.71. The van der Waals surface area contributed by atoms with Crippen LogP contribution in [0.15, 0.2) is 29.2 Å². The first kappa shape index (κ1) is 15.4. The predicted molar refractivity (Wildman–Crippen MR) is 91.5 cm³/mol. The van der Waals surface area contributed by atoms with Crippen LogP contribution in [0, 0.1) is 5.41 Å². The van der Waals surface area contributed by atoms with Crippen molar-refractivity contribution in [2.24, 2.45) is 5.41 Å². The Hall–Kier alpha value is -0.0200. The molecule has 5 heteroatoms. The maximum Gasteiger partial charge on any atom is 0.156 e. The second kappa shape index (κ2) is 5.07. The molecule has 1 aliphatic rings. The first-order valence-electron chi connectivity index (χ1n) is 6.55.